The number of carbonyl (C=O) groups is 1. The zero-order chi connectivity index (χ0) is 24.2. The largest absolute Gasteiger partial charge is 0.457 e. The van der Waals surface area contributed by atoms with Crippen molar-refractivity contribution in [3.63, 3.8) is 0 Å². The van der Waals surface area contributed by atoms with Gasteiger partial charge >= 0.3 is 0 Å². The number of carbonyl (C=O) groups excluding carboxylic acids is 1. The lowest BCUT2D eigenvalue weighted by Gasteiger charge is -2.12. The van der Waals surface area contributed by atoms with Crippen molar-refractivity contribution in [2.24, 2.45) is 0 Å². The second-order valence-corrected chi connectivity index (χ2v) is 9.26. The van der Waals surface area contributed by atoms with Crippen LogP contribution in [0.1, 0.15) is 16.9 Å². The first-order chi connectivity index (χ1) is 17.1. The zero-order valence-electron chi connectivity index (χ0n) is 19.0. The number of aromatic nitrogens is 3. The van der Waals surface area contributed by atoms with Crippen LogP contribution in [-0.2, 0) is 4.74 Å². The number of H-pyrrole nitrogens is 1. The van der Waals surface area contributed by atoms with Gasteiger partial charge in [-0.3, -0.25) is 9.78 Å². The Labute approximate surface area is 210 Å². The number of benzene rings is 2. The molecule has 5 rings (SSSR count). The maximum atomic E-state index is 12.7. The van der Waals surface area contributed by atoms with Crippen LogP contribution in [0, 0.1) is 0 Å². The minimum absolute atomic E-state index is 0.0389. The highest BCUT2D eigenvalue weighted by molar-refractivity contribution is 9.10. The summed E-state index contributed by atoms with van der Waals surface area (Å²) in [5.74, 6) is 1.56. The molecule has 1 saturated heterocycles. The van der Waals surface area contributed by atoms with Gasteiger partial charge in [-0.05, 0) is 48.9 Å². The average molecular weight is 537 g/mol. The summed E-state index contributed by atoms with van der Waals surface area (Å²) in [6.45, 7) is 1.33. The minimum Gasteiger partial charge on any atom is -0.457 e. The van der Waals surface area contributed by atoms with Crippen LogP contribution in [0.5, 0.6) is 11.5 Å². The highest BCUT2D eigenvalue weighted by Crippen LogP contribution is 2.27. The first-order valence-electron chi connectivity index (χ1n) is 11.2. The number of fused-ring (bicyclic) bond motifs is 1. The van der Waals surface area contributed by atoms with Gasteiger partial charge in [0.25, 0.3) is 5.91 Å². The third-order valence-electron chi connectivity index (χ3n) is 5.69. The van der Waals surface area contributed by atoms with Crippen LogP contribution < -0.4 is 20.7 Å². The lowest BCUT2D eigenvalue weighted by atomic mass is 10.2. The van der Waals surface area contributed by atoms with E-state index in [1.165, 1.54) is 0 Å². The number of methoxy groups -OCH3 is 1. The molecule has 0 spiro atoms. The summed E-state index contributed by atoms with van der Waals surface area (Å²) in [6, 6.07) is 17.1. The molecule has 10 heteroatoms. The molecule has 1 aliphatic heterocycles. The van der Waals surface area contributed by atoms with E-state index in [4.69, 9.17) is 9.47 Å². The third-order valence-corrected chi connectivity index (χ3v) is 6.21. The smallest absolute Gasteiger partial charge is 0.270 e. The fraction of sp³-hybridized carbons (Fsp3) is 0.240. The second-order valence-electron chi connectivity index (χ2n) is 8.34. The number of amides is 1. The molecule has 4 aromatic rings. The van der Waals surface area contributed by atoms with Crippen LogP contribution in [0.3, 0.4) is 0 Å². The van der Waals surface area contributed by atoms with Gasteiger partial charge in [0.1, 0.15) is 17.2 Å². The first-order valence-corrected chi connectivity index (χ1v) is 12.0. The van der Waals surface area contributed by atoms with Crippen molar-refractivity contribution < 1.29 is 14.3 Å². The number of aromatic amines is 1. The Bertz CT molecular complexity index is 1330. The maximum absolute atomic E-state index is 12.7. The van der Waals surface area contributed by atoms with Crippen molar-refractivity contribution in [1.29, 1.82) is 0 Å². The van der Waals surface area contributed by atoms with Gasteiger partial charge in [-0.25, -0.2) is 4.98 Å². The number of anilines is 2. The number of rotatable bonds is 8. The van der Waals surface area contributed by atoms with E-state index >= 15 is 0 Å². The number of hydrogen-bond acceptors (Lipinski definition) is 7. The van der Waals surface area contributed by atoms with E-state index in [0.717, 1.165) is 27.6 Å². The van der Waals surface area contributed by atoms with E-state index in [1.54, 1.807) is 25.4 Å². The van der Waals surface area contributed by atoms with Crippen LogP contribution in [0.25, 0.3) is 11.0 Å². The van der Waals surface area contributed by atoms with Crippen molar-refractivity contribution >= 4 is 44.5 Å². The van der Waals surface area contributed by atoms with E-state index in [1.807, 2.05) is 42.5 Å². The Hall–Kier alpha value is -3.47. The van der Waals surface area contributed by atoms with Crippen LogP contribution in [0.2, 0.25) is 0 Å². The standard InChI is InChI=1S/C25H25BrN6O3/c1-34-14-18-10-17(13-28-18)29-24(33)23-12-20(8-9-27-23)35-19-6-7-21-22(11-19)32-25(31-21)30-16-4-2-15(26)3-5-16/h2-9,11-12,17-18,28H,10,13-14H2,1H3,(H,29,33)(H2,30,31,32)/t17-,18?/m1/s1. The Morgan fingerprint density at radius 1 is 1.14 bits per heavy atom. The maximum Gasteiger partial charge on any atom is 0.270 e. The number of halogens is 1. The van der Waals surface area contributed by atoms with Crippen LogP contribution in [0.4, 0.5) is 11.6 Å². The molecule has 0 radical (unpaired) electrons. The van der Waals surface area contributed by atoms with E-state index < -0.39 is 0 Å². The van der Waals surface area contributed by atoms with E-state index in [0.29, 0.717) is 36.3 Å². The van der Waals surface area contributed by atoms with Gasteiger partial charge in [0.15, 0.2) is 0 Å². The SMILES string of the molecule is COCC1C[C@@H](NC(=O)c2cc(Oc3ccc4nc(Nc5ccc(Br)cc5)[nH]c4c3)ccn2)CN1. The molecule has 1 unspecified atom stereocenters. The van der Waals surface area contributed by atoms with Gasteiger partial charge in [0, 0.05) is 54.2 Å². The monoisotopic (exact) mass is 536 g/mol. The summed E-state index contributed by atoms with van der Waals surface area (Å²) in [7, 11) is 1.67. The highest BCUT2D eigenvalue weighted by Gasteiger charge is 2.25. The van der Waals surface area contributed by atoms with E-state index in [9.17, 15) is 4.79 Å². The Balaban J connectivity index is 1.24. The molecule has 3 heterocycles. The van der Waals surface area contributed by atoms with Crippen molar-refractivity contribution in [2.45, 2.75) is 18.5 Å². The number of nitrogens with one attached hydrogen (secondary N) is 4. The van der Waals surface area contributed by atoms with Crippen LogP contribution in [-0.4, -0.2) is 53.2 Å². The molecule has 4 N–H and O–H groups in total. The van der Waals surface area contributed by atoms with Gasteiger partial charge in [-0.1, -0.05) is 15.9 Å². The summed E-state index contributed by atoms with van der Waals surface area (Å²) in [6.07, 6.45) is 2.39. The quantitative estimate of drug-likeness (QED) is 0.264. The summed E-state index contributed by atoms with van der Waals surface area (Å²) in [5, 5.41) is 9.62. The van der Waals surface area contributed by atoms with Gasteiger partial charge in [0.2, 0.25) is 5.95 Å². The predicted molar refractivity (Wildman–Crippen MR) is 137 cm³/mol. The fourth-order valence-electron chi connectivity index (χ4n) is 4.03. The number of nitrogens with zero attached hydrogens (tertiary/aromatic N) is 2. The third kappa shape index (κ3) is 5.79. The Kier molecular flexibility index (Phi) is 6.94. The van der Waals surface area contributed by atoms with Crippen molar-refractivity contribution in [2.75, 3.05) is 25.6 Å². The molecular formula is C25H25BrN6O3. The molecule has 0 aliphatic carbocycles. The second kappa shape index (κ2) is 10.4. The lowest BCUT2D eigenvalue weighted by Crippen LogP contribution is -2.36. The van der Waals surface area contributed by atoms with Gasteiger partial charge < -0.3 is 30.4 Å². The molecule has 2 aromatic carbocycles. The normalized spacial score (nSPS) is 17.4. The van der Waals surface area contributed by atoms with Crippen LogP contribution >= 0.6 is 15.9 Å². The number of imidazole rings is 1. The molecule has 0 saturated carbocycles. The number of hydrogen-bond donors (Lipinski definition) is 4. The van der Waals surface area contributed by atoms with Crippen LogP contribution in [0.15, 0.2) is 65.3 Å². The zero-order valence-corrected chi connectivity index (χ0v) is 20.6. The topological polar surface area (TPSA) is 113 Å². The predicted octanol–water partition coefficient (Wildman–Crippen LogP) is 4.36. The number of pyridine rings is 1. The fourth-order valence-corrected chi connectivity index (χ4v) is 4.30. The Morgan fingerprint density at radius 3 is 2.80 bits per heavy atom. The molecule has 0 bridgehead atoms. The molecule has 35 heavy (non-hydrogen) atoms. The molecule has 1 fully saturated rings. The van der Waals surface area contributed by atoms with Gasteiger partial charge in [-0.15, -0.1) is 0 Å². The highest BCUT2D eigenvalue weighted by atomic mass is 79.9. The average Bonchev–Trinajstić information content (AvgIpc) is 3.46. The Morgan fingerprint density at radius 2 is 1.97 bits per heavy atom. The molecule has 180 valence electrons. The minimum atomic E-state index is -0.229. The lowest BCUT2D eigenvalue weighted by molar-refractivity contribution is 0.0933. The first kappa shape index (κ1) is 23.3. The molecule has 1 aliphatic rings. The van der Waals surface area contributed by atoms with Gasteiger partial charge in [0.05, 0.1) is 17.6 Å². The van der Waals surface area contributed by atoms with E-state index in [-0.39, 0.29) is 18.0 Å². The summed E-state index contributed by atoms with van der Waals surface area (Å²) >= 11 is 3.44. The summed E-state index contributed by atoms with van der Waals surface area (Å²) < 4.78 is 12.2. The molecule has 9 nitrogen and oxygen atoms in total. The summed E-state index contributed by atoms with van der Waals surface area (Å²) in [5.41, 5.74) is 2.87. The number of ether oxygens (including phenoxy) is 2. The van der Waals surface area contributed by atoms with Gasteiger partial charge in [-0.2, -0.15) is 0 Å². The molecule has 2 aromatic heterocycles. The van der Waals surface area contributed by atoms with E-state index in [2.05, 4.69) is 46.8 Å². The van der Waals surface area contributed by atoms with Crippen molar-refractivity contribution in [3.8, 4) is 11.5 Å². The molecule has 1 amide bonds. The van der Waals surface area contributed by atoms with Crippen molar-refractivity contribution in [1.82, 2.24) is 25.6 Å². The molecular weight excluding hydrogens is 512 g/mol. The summed E-state index contributed by atoms with van der Waals surface area (Å²) in [4.78, 5) is 24.8. The van der Waals surface area contributed by atoms with Crippen molar-refractivity contribution in [3.05, 3.63) is 71.0 Å². The molecule has 2 atom stereocenters.